The number of hydrogen-bond acceptors (Lipinski definition) is 4. The maximum absolute atomic E-state index is 13.6. The van der Waals surface area contributed by atoms with E-state index in [2.05, 4.69) is 12.2 Å². The quantitative estimate of drug-likeness (QED) is 0.364. The SMILES string of the molecule is C[C@@H](C(=O)OCC(F)CCC=S)c1cccc(C(=O)c2ccccc2)c1. The number of thiocarbonyl (C=S) groups is 1. The van der Waals surface area contributed by atoms with E-state index in [4.69, 9.17) is 4.74 Å². The lowest BCUT2D eigenvalue weighted by atomic mass is 9.96. The fourth-order valence-electron chi connectivity index (χ4n) is 2.47. The minimum Gasteiger partial charge on any atom is -0.462 e. The van der Waals surface area contributed by atoms with Crippen molar-refractivity contribution in [1.29, 1.82) is 0 Å². The third-order valence-corrected chi connectivity index (χ3v) is 4.28. The Morgan fingerprint density at radius 1 is 1.12 bits per heavy atom. The number of alkyl halides is 1. The Labute approximate surface area is 158 Å². The van der Waals surface area contributed by atoms with Gasteiger partial charge in [-0.15, -0.1) is 0 Å². The lowest BCUT2D eigenvalue weighted by Crippen LogP contribution is -2.19. The first kappa shape index (κ1) is 19.9. The highest BCUT2D eigenvalue weighted by atomic mass is 32.1. The van der Waals surface area contributed by atoms with Crippen LogP contribution in [0.1, 0.15) is 47.2 Å². The molecule has 0 N–H and O–H groups in total. The predicted molar refractivity (Wildman–Crippen MR) is 103 cm³/mol. The Hall–Kier alpha value is -2.40. The van der Waals surface area contributed by atoms with Crippen molar-refractivity contribution in [3.05, 3.63) is 71.3 Å². The summed E-state index contributed by atoms with van der Waals surface area (Å²) in [5.41, 5.74) is 1.74. The molecule has 0 aliphatic rings. The Morgan fingerprint density at radius 3 is 2.50 bits per heavy atom. The van der Waals surface area contributed by atoms with Gasteiger partial charge in [-0.1, -0.05) is 60.7 Å². The van der Waals surface area contributed by atoms with Gasteiger partial charge in [-0.3, -0.25) is 9.59 Å². The minimum absolute atomic E-state index is 0.114. The molecule has 0 radical (unpaired) electrons. The molecule has 2 rings (SSSR count). The number of carbonyl (C=O) groups is 2. The number of ether oxygens (including phenoxy) is 1. The van der Waals surface area contributed by atoms with Crippen molar-refractivity contribution in [2.24, 2.45) is 0 Å². The molecule has 0 heterocycles. The largest absolute Gasteiger partial charge is 0.462 e. The summed E-state index contributed by atoms with van der Waals surface area (Å²) in [6.45, 7) is 1.40. The second-order valence-corrected chi connectivity index (χ2v) is 6.35. The van der Waals surface area contributed by atoms with Gasteiger partial charge in [0, 0.05) is 11.1 Å². The van der Waals surface area contributed by atoms with Gasteiger partial charge in [0.2, 0.25) is 0 Å². The van der Waals surface area contributed by atoms with E-state index in [1.165, 1.54) is 5.37 Å². The third-order valence-electron chi connectivity index (χ3n) is 4.04. The van der Waals surface area contributed by atoms with E-state index in [1.54, 1.807) is 55.5 Å². The molecular weight excluding hydrogens is 351 g/mol. The first-order valence-corrected chi connectivity index (χ1v) is 8.94. The van der Waals surface area contributed by atoms with E-state index in [-0.39, 0.29) is 18.8 Å². The van der Waals surface area contributed by atoms with E-state index < -0.39 is 18.1 Å². The maximum Gasteiger partial charge on any atom is 0.313 e. The molecule has 2 atom stereocenters. The van der Waals surface area contributed by atoms with Crippen LogP contribution < -0.4 is 0 Å². The second-order valence-electron chi connectivity index (χ2n) is 6.01. The maximum atomic E-state index is 13.6. The lowest BCUT2D eigenvalue weighted by molar-refractivity contribution is -0.146. The van der Waals surface area contributed by atoms with Crippen molar-refractivity contribution in [2.45, 2.75) is 31.9 Å². The zero-order valence-electron chi connectivity index (χ0n) is 14.6. The van der Waals surface area contributed by atoms with Crippen molar-refractivity contribution < 1.29 is 18.7 Å². The number of esters is 1. The first-order chi connectivity index (χ1) is 12.5. The number of hydrogen-bond donors (Lipinski definition) is 0. The minimum atomic E-state index is -1.23. The molecule has 0 fully saturated rings. The number of ketones is 1. The summed E-state index contributed by atoms with van der Waals surface area (Å²) >= 11 is 4.65. The molecule has 0 saturated carbocycles. The molecule has 2 aromatic carbocycles. The normalized spacial score (nSPS) is 12.8. The highest BCUT2D eigenvalue weighted by Gasteiger charge is 2.20. The van der Waals surface area contributed by atoms with Crippen LogP contribution in [0.3, 0.4) is 0 Å². The van der Waals surface area contributed by atoms with Crippen LogP contribution >= 0.6 is 12.2 Å². The predicted octanol–water partition coefficient (Wildman–Crippen LogP) is 4.68. The van der Waals surface area contributed by atoms with Gasteiger partial charge in [0.1, 0.15) is 12.8 Å². The highest BCUT2D eigenvalue weighted by Crippen LogP contribution is 2.20. The standard InChI is InChI=1S/C21H21FO3S/c1-15(21(24)25-14-19(22)11-6-12-26)17-9-5-10-18(13-17)20(23)16-7-3-2-4-8-16/h2-5,7-10,12-13,15,19H,6,11,14H2,1H3/t15-,19?/m1/s1. The van der Waals surface area contributed by atoms with Gasteiger partial charge in [0.25, 0.3) is 0 Å². The Balaban J connectivity index is 2.03. The van der Waals surface area contributed by atoms with Crippen molar-refractivity contribution in [2.75, 3.05) is 6.61 Å². The van der Waals surface area contributed by atoms with E-state index in [0.717, 1.165) is 0 Å². The van der Waals surface area contributed by atoms with Gasteiger partial charge in [0.05, 0.1) is 5.92 Å². The first-order valence-electron chi connectivity index (χ1n) is 8.47. The van der Waals surface area contributed by atoms with Crippen LogP contribution in [0.4, 0.5) is 4.39 Å². The van der Waals surface area contributed by atoms with Crippen molar-refractivity contribution >= 4 is 29.3 Å². The molecule has 2 aromatic rings. The average molecular weight is 372 g/mol. The fraction of sp³-hybridized carbons (Fsp3) is 0.286. The third kappa shape index (κ3) is 5.56. The van der Waals surface area contributed by atoms with Crippen LogP contribution in [0.2, 0.25) is 0 Å². The van der Waals surface area contributed by atoms with Gasteiger partial charge in [-0.2, -0.15) is 0 Å². The van der Waals surface area contributed by atoms with E-state index in [0.29, 0.717) is 23.1 Å². The summed E-state index contributed by atoms with van der Waals surface area (Å²) in [5, 5.41) is 1.46. The van der Waals surface area contributed by atoms with Gasteiger partial charge < -0.3 is 4.74 Å². The smallest absolute Gasteiger partial charge is 0.313 e. The zero-order valence-corrected chi connectivity index (χ0v) is 15.4. The van der Waals surface area contributed by atoms with Crippen LogP contribution in [0.5, 0.6) is 0 Å². The molecule has 3 nitrogen and oxygen atoms in total. The van der Waals surface area contributed by atoms with Gasteiger partial charge in [0.15, 0.2) is 5.78 Å². The summed E-state index contributed by atoms with van der Waals surface area (Å²) in [7, 11) is 0. The van der Waals surface area contributed by atoms with Gasteiger partial charge in [-0.05, 0) is 36.8 Å². The Bertz CT molecular complexity index is 761. The topological polar surface area (TPSA) is 43.4 Å². The van der Waals surface area contributed by atoms with Crippen molar-refractivity contribution in [3.8, 4) is 0 Å². The van der Waals surface area contributed by atoms with Gasteiger partial charge in [-0.25, -0.2) is 4.39 Å². The summed E-state index contributed by atoms with van der Waals surface area (Å²) in [4.78, 5) is 24.7. The van der Waals surface area contributed by atoms with Crippen LogP contribution in [-0.2, 0) is 9.53 Å². The highest BCUT2D eigenvalue weighted by molar-refractivity contribution is 7.78. The lowest BCUT2D eigenvalue weighted by Gasteiger charge is -2.14. The molecule has 1 unspecified atom stereocenters. The molecule has 0 amide bonds. The summed E-state index contributed by atoms with van der Waals surface area (Å²) in [6, 6.07) is 15.8. The summed E-state index contributed by atoms with van der Waals surface area (Å²) in [6.07, 6.45) is -0.518. The van der Waals surface area contributed by atoms with Crippen LogP contribution in [-0.4, -0.2) is 29.9 Å². The van der Waals surface area contributed by atoms with Crippen LogP contribution in [0, 0.1) is 0 Å². The fourth-order valence-corrected chi connectivity index (χ4v) is 2.61. The summed E-state index contributed by atoms with van der Waals surface area (Å²) in [5.74, 6) is -1.22. The summed E-state index contributed by atoms with van der Waals surface area (Å²) < 4.78 is 18.6. The van der Waals surface area contributed by atoms with Crippen LogP contribution in [0.25, 0.3) is 0 Å². The van der Waals surface area contributed by atoms with Gasteiger partial charge >= 0.3 is 5.97 Å². The molecule has 0 spiro atoms. The van der Waals surface area contributed by atoms with E-state index in [1.807, 2.05) is 6.07 Å². The molecule has 0 aliphatic carbocycles. The number of benzene rings is 2. The number of halogens is 1. The Morgan fingerprint density at radius 2 is 1.81 bits per heavy atom. The van der Waals surface area contributed by atoms with E-state index >= 15 is 0 Å². The molecule has 0 saturated heterocycles. The number of rotatable bonds is 9. The second kappa shape index (κ2) is 9.92. The van der Waals surface area contributed by atoms with Crippen molar-refractivity contribution in [3.63, 3.8) is 0 Å². The molecule has 26 heavy (non-hydrogen) atoms. The zero-order chi connectivity index (χ0) is 18.9. The number of carbonyl (C=O) groups excluding carboxylic acids is 2. The van der Waals surface area contributed by atoms with Crippen LogP contribution in [0.15, 0.2) is 54.6 Å². The van der Waals surface area contributed by atoms with Crippen molar-refractivity contribution in [1.82, 2.24) is 0 Å². The Kier molecular flexibility index (Phi) is 7.60. The molecule has 0 aliphatic heterocycles. The monoisotopic (exact) mass is 372 g/mol. The molecule has 0 bridgehead atoms. The molecule has 5 heteroatoms. The molecule has 0 aromatic heterocycles. The average Bonchev–Trinajstić information content (AvgIpc) is 2.70. The molecular formula is C21H21FO3S. The van der Waals surface area contributed by atoms with E-state index in [9.17, 15) is 14.0 Å². The molecule has 136 valence electrons.